The second-order valence-electron chi connectivity index (χ2n) is 13.4. The third-order valence-corrected chi connectivity index (χ3v) is 11.8. The smallest absolute Gasteiger partial charge is 0.260 e. The minimum absolute atomic E-state index is 0.0284. The predicted octanol–water partition coefficient (Wildman–Crippen LogP) is 7.69. The first-order valence-corrected chi connectivity index (χ1v) is 17.7. The summed E-state index contributed by atoms with van der Waals surface area (Å²) in [5.74, 6) is -7.39. The van der Waals surface area contributed by atoms with Gasteiger partial charge in [-0.15, -0.1) is 0 Å². The maximum Gasteiger partial charge on any atom is 0.260 e. The number of hydrazine groups is 1. The molecule has 0 aromatic heterocycles. The van der Waals surface area contributed by atoms with E-state index in [9.17, 15) is 19.5 Å². The number of phenols is 1. The van der Waals surface area contributed by atoms with E-state index in [-0.39, 0.29) is 29.5 Å². The second kappa shape index (κ2) is 12.6. The Morgan fingerprint density at radius 3 is 2.23 bits per heavy atom. The lowest BCUT2D eigenvalue weighted by molar-refractivity contribution is -0.138. The van der Waals surface area contributed by atoms with E-state index in [0.29, 0.717) is 38.2 Å². The summed E-state index contributed by atoms with van der Waals surface area (Å²) < 4.78 is 20.8. The number of hydrogen-bond acceptors (Lipinski definition) is 7. The van der Waals surface area contributed by atoms with Crippen LogP contribution in [0.15, 0.2) is 96.6 Å². The number of amides is 4. The molecule has 8 rings (SSSR count). The van der Waals surface area contributed by atoms with Crippen LogP contribution in [0.25, 0.3) is 0 Å². The van der Waals surface area contributed by atoms with E-state index in [1.165, 1.54) is 30.2 Å². The number of nitrogens with zero attached hydrogens (tertiary/aromatic N) is 2. The van der Waals surface area contributed by atoms with E-state index in [4.69, 9.17) is 39.5 Å². The molecule has 4 aromatic carbocycles. The van der Waals surface area contributed by atoms with Crippen LogP contribution in [0.4, 0.5) is 15.8 Å². The van der Waals surface area contributed by atoms with Gasteiger partial charge in [0, 0.05) is 16.0 Å². The molecule has 0 radical (unpaired) electrons. The highest BCUT2D eigenvalue weighted by Gasteiger charge is 2.70. The van der Waals surface area contributed by atoms with Gasteiger partial charge in [0.2, 0.25) is 11.8 Å². The lowest BCUT2D eigenvalue weighted by Crippen LogP contribution is -2.53. The number of nitrogens with one attached hydrogen (secondary N) is 1. The Labute approximate surface area is 312 Å². The van der Waals surface area contributed by atoms with E-state index in [2.05, 4.69) is 5.43 Å². The van der Waals surface area contributed by atoms with Gasteiger partial charge in [0.05, 0.1) is 46.7 Å². The van der Waals surface area contributed by atoms with Crippen molar-refractivity contribution in [1.29, 1.82) is 0 Å². The quantitative estimate of drug-likeness (QED) is 0.153. The predicted molar refractivity (Wildman–Crippen MR) is 193 cm³/mol. The number of hydrogen-bond donors (Lipinski definition) is 2. The number of allylic oxidation sites excluding steroid dienone is 2. The van der Waals surface area contributed by atoms with Crippen molar-refractivity contribution in [1.82, 2.24) is 5.01 Å². The van der Waals surface area contributed by atoms with Crippen molar-refractivity contribution in [3.63, 3.8) is 0 Å². The zero-order chi connectivity index (χ0) is 36.6. The summed E-state index contributed by atoms with van der Waals surface area (Å²) in [4.78, 5) is 59.6. The number of methoxy groups -OCH3 is 1. The number of carbonyl (C=O) groups excluding carboxylic acids is 4. The van der Waals surface area contributed by atoms with E-state index in [0.717, 1.165) is 11.1 Å². The number of benzene rings is 4. The molecule has 264 valence electrons. The van der Waals surface area contributed by atoms with Crippen LogP contribution in [-0.4, -0.2) is 40.9 Å². The van der Waals surface area contributed by atoms with Crippen LogP contribution in [0.3, 0.4) is 0 Å². The molecule has 9 nitrogen and oxygen atoms in total. The summed E-state index contributed by atoms with van der Waals surface area (Å²) in [6.07, 6.45) is 2.07. The van der Waals surface area contributed by atoms with Crippen molar-refractivity contribution in [2.24, 2.45) is 23.7 Å². The minimum atomic E-state index is -1.67. The van der Waals surface area contributed by atoms with Gasteiger partial charge in [-0.25, -0.2) is 4.39 Å². The van der Waals surface area contributed by atoms with Crippen molar-refractivity contribution >= 4 is 69.8 Å². The molecule has 0 bridgehead atoms. The summed E-state index contributed by atoms with van der Waals surface area (Å²) >= 11 is 18.7. The molecule has 2 saturated heterocycles. The van der Waals surface area contributed by atoms with E-state index >= 15 is 9.18 Å². The molecule has 0 unspecified atom stereocenters. The topological polar surface area (TPSA) is 116 Å². The van der Waals surface area contributed by atoms with Crippen molar-refractivity contribution < 1.29 is 33.4 Å². The molecule has 3 fully saturated rings. The van der Waals surface area contributed by atoms with E-state index in [1.807, 2.05) is 6.08 Å². The summed E-state index contributed by atoms with van der Waals surface area (Å²) in [5, 5.41) is 12.1. The third-order valence-electron chi connectivity index (χ3n) is 11.0. The van der Waals surface area contributed by atoms with Gasteiger partial charge in [0.15, 0.2) is 11.6 Å². The van der Waals surface area contributed by atoms with Crippen LogP contribution in [-0.2, 0) is 24.6 Å². The molecule has 0 spiro atoms. The van der Waals surface area contributed by atoms with Crippen molar-refractivity contribution in [3.8, 4) is 11.5 Å². The lowest BCUT2D eigenvalue weighted by atomic mass is 9.49. The number of ether oxygens (including phenoxy) is 1. The standard InChI is InChI=1S/C39H29Cl3FN3O6/c1-52-24-10-3-20(4-11-24)39-28(36(49)46(38(39)51)44-31-14-7-22(41)17-29(31)42)18-27-25(34(39)19-2-15-32(47)30(43)16-19)12-13-26-33(27)37(50)45(35(26)48)23-8-5-21(40)6-9-23/h2-12,14-17,26-28,33-34,44,47H,13,18H2,1H3/t26-,27+,28-,33-,34-,39+/m0/s1. The Bertz CT molecular complexity index is 2210. The number of rotatable bonds is 6. The summed E-state index contributed by atoms with van der Waals surface area (Å²) in [5.41, 5.74) is 3.27. The van der Waals surface area contributed by atoms with Crippen LogP contribution in [0.2, 0.25) is 15.1 Å². The first-order valence-electron chi connectivity index (χ1n) is 16.5. The van der Waals surface area contributed by atoms with Gasteiger partial charge in [-0.2, -0.15) is 5.01 Å². The summed E-state index contributed by atoms with van der Waals surface area (Å²) in [6, 6.07) is 21.6. The lowest BCUT2D eigenvalue weighted by Gasteiger charge is -2.50. The average Bonchev–Trinajstić information content (AvgIpc) is 3.51. The molecule has 4 aliphatic rings. The van der Waals surface area contributed by atoms with Gasteiger partial charge in [-0.3, -0.25) is 29.5 Å². The number of aromatic hydroxyl groups is 1. The zero-order valence-electron chi connectivity index (χ0n) is 27.4. The Balaban J connectivity index is 1.33. The largest absolute Gasteiger partial charge is 0.505 e. The molecule has 4 aromatic rings. The van der Waals surface area contributed by atoms with Gasteiger partial charge in [0.25, 0.3) is 11.8 Å². The van der Waals surface area contributed by atoms with Crippen molar-refractivity contribution in [3.05, 3.63) is 129 Å². The fourth-order valence-corrected chi connectivity index (χ4v) is 9.34. The highest BCUT2D eigenvalue weighted by atomic mass is 35.5. The first-order chi connectivity index (χ1) is 24.9. The third kappa shape index (κ3) is 5.03. The maximum atomic E-state index is 15.3. The van der Waals surface area contributed by atoms with Crippen LogP contribution in [0.5, 0.6) is 11.5 Å². The molecule has 2 aliphatic carbocycles. The highest BCUT2D eigenvalue weighted by Crippen LogP contribution is 2.64. The normalized spacial score (nSPS) is 26.6. The molecule has 2 N–H and O–H groups in total. The molecule has 2 aliphatic heterocycles. The van der Waals surface area contributed by atoms with Gasteiger partial charge < -0.3 is 9.84 Å². The fraction of sp³-hybridized carbons (Fsp3) is 0.231. The molecule has 52 heavy (non-hydrogen) atoms. The molecule has 6 atom stereocenters. The molecular weight excluding hydrogens is 732 g/mol. The number of anilines is 2. The Hall–Kier alpha value is -4.90. The van der Waals surface area contributed by atoms with Gasteiger partial charge in [-0.05, 0) is 96.6 Å². The zero-order valence-corrected chi connectivity index (χ0v) is 29.6. The minimum Gasteiger partial charge on any atom is -0.505 e. The molecular formula is C39H29Cl3FN3O6. The van der Waals surface area contributed by atoms with Crippen LogP contribution < -0.4 is 15.1 Å². The van der Waals surface area contributed by atoms with Gasteiger partial charge in [-0.1, -0.05) is 64.7 Å². The van der Waals surface area contributed by atoms with E-state index in [1.54, 1.807) is 60.7 Å². The monoisotopic (exact) mass is 759 g/mol. The van der Waals surface area contributed by atoms with Crippen molar-refractivity contribution in [2.75, 3.05) is 17.4 Å². The fourth-order valence-electron chi connectivity index (χ4n) is 8.77. The summed E-state index contributed by atoms with van der Waals surface area (Å²) in [7, 11) is 1.51. The Morgan fingerprint density at radius 2 is 1.56 bits per heavy atom. The number of carbonyl (C=O) groups is 4. The van der Waals surface area contributed by atoms with E-state index < -0.39 is 64.3 Å². The van der Waals surface area contributed by atoms with Crippen LogP contribution in [0.1, 0.15) is 29.9 Å². The first kappa shape index (κ1) is 34.2. The van der Waals surface area contributed by atoms with Gasteiger partial charge >= 0.3 is 0 Å². The van der Waals surface area contributed by atoms with Crippen LogP contribution in [0, 0.1) is 29.5 Å². The number of halogens is 4. The SMILES string of the molecule is COc1ccc([C@@]23C(=O)N(Nc4ccc(Cl)cc4Cl)C(=O)[C@@H]2C[C@@H]2C(=CC[C@@H]4C(=O)N(c5ccc(Cl)cc5)C(=O)[C@@H]42)[C@@H]3c2ccc(O)c(F)c2)cc1. The van der Waals surface area contributed by atoms with Crippen molar-refractivity contribution in [2.45, 2.75) is 24.2 Å². The Kier molecular flexibility index (Phi) is 8.32. The maximum absolute atomic E-state index is 15.3. The molecule has 2 heterocycles. The number of fused-ring (bicyclic) bond motifs is 4. The highest BCUT2D eigenvalue weighted by molar-refractivity contribution is 6.36. The Morgan fingerprint density at radius 1 is 0.846 bits per heavy atom. The number of phenolic OH excluding ortho intramolecular Hbond substituents is 1. The average molecular weight is 761 g/mol. The molecule has 1 saturated carbocycles. The van der Waals surface area contributed by atoms with Crippen LogP contribution >= 0.6 is 34.8 Å². The molecule has 13 heteroatoms. The summed E-state index contributed by atoms with van der Waals surface area (Å²) in [6.45, 7) is 0. The molecule has 4 amide bonds. The second-order valence-corrected chi connectivity index (χ2v) is 14.7. The number of imide groups is 2. The van der Waals surface area contributed by atoms with Gasteiger partial charge in [0.1, 0.15) is 5.75 Å².